The topological polar surface area (TPSA) is 59.4 Å². The fourth-order valence-electron chi connectivity index (χ4n) is 1.86. The first-order valence-electron chi connectivity index (χ1n) is 7.14. The van der Waals surface area contributed by atoms with E-state index in [2.05, 4.69) is 20.5 Å². The number of pyridine rings is 1. The first kappa shape index (κ1) is 15.2. The second-order valence-corrected chi connectivity index (χ2v) is 5.69. The minimum atomic E-state index is 0.430. The third-order valence-corrected chi connectivity index (χ3v) is 3.76. The molecule has 0 aliphatic carbocycles. The van der Waals surface area contributed by atoms with Gasteiger partial charge in [-0.1, -0.05) is 18.2 Å². The van der Waals surface area contributed by atoms with Crippen LogP contribution >= 0.6 is 11.3 Å². The molecule has 1 N–H and O–H groups in total. The number of aromatic nitrogens is 2. The Hall–Kier alpha value is -2.73. The fraction of sp³-hybridized carbons (Fsp3) is 0.118. The highest BCUT2D eigenvalue weighted by Crippen LogP contribution is 2.24. The summed E-state index contributed by atoms with van der Waals surface area (Å²) in [5, 5.41) is 7.03. The number of benzene rings is 1. The lowest BCUT2D eigenvalue weighted by Gasteiger charge is -2.05. The Morgan fingerprint density at radius 1 is 1.17 bits per heavy atom. The molecule has 3 rings (SSSR count). The molecule has 0 unspecified atom stereocenters. The number of anilines is 1. The van der Waals surface area contributed by atoms with E-state index in [-0.39, 0.29) is 0 Å². The van der Waals surface area contributed by atoms with Crippen molar-refractivity contribution in [3.05, 3.63) is 60.2 Å². The maximum absolute atomic E-state index is 5.64. The highest BCUT2D eigenvalue weighted by molar-refractivity contribution is 7.14. The predicted molar refractivity (Wildman–Crippen MR) is 94.0 cm³/mol. The lowest BCUT2D eigenvalue weighted by molar-refractivity contribution is 0.376. The van der Waals surface area contributed by atoms with Gasteiger partial charge in [-0.25, -0.2) is 4.98 Å². The normalized spacial score (nSPS) is 11.3. The molecule has 23 heavy (non-hydrogen) atoms. The molecule has 2 aromatic heterocycles. The molecule has 0 amide bonds. The second kappa shape index (κ2) is 7.51. The van der Waals surface area contributed by atoms with Crippen molar-refractivity contribution in [2.75, 3.05) is 12.0 Å². The van der Waals surface area contributed by atoms with Gasteiger partial charge in [-0.05, 0) is 31.2 Å². The van der Waals surface area contributed by atoms with E-state index in [1.54, 1.807) is 12.4 Å². The highest BCUT2D eigenvalue weighted by Gasteiger charge is 2.03. The van der Waals surface area contributed by atoms with Crippen molar-refractivity contribution in [2.45, 2.75) is 6.92 Å². The first-order chi connectivity index (χ1) is 11.3. The van der Waals surface area contributed by atoms with E-state index in [1.807, 2.05) is 54.8 Å². The zero-order valence-corrected chi connectivity index (χ0v) is 13.5. The smallest absolute Gasteiger partial charge is 0.203 e. The molecule has 0 aliphatic rings. The third-order valence-electron chi connectivity index (χ3n) is 3.01. The number of hydrazone groups is 1. The van der Waals surface area contributed by atoms with Crippen molar-refractivity contribution < 1.29 is 4.74 Å². The molecule has 0 saturated carbocycles. The standard InChI is InChI=1S/C17H16N4OS/c1-13(11-22-15-5-3-2-4-6-15)20-21-17-19-16(12-23-17)14-7-9-18-10-8-14/h2-10,12H,11H2,1H3,(H,19,21)/b20-13+. The molecule has 116 valence electrons. The van der Waals surface area contributed by atoms with E-state index in [4.69, 9.17) is 4.74 Å². The minimum Gasteiger partial charge on any atom is -0.488 e. The molecule has 2 heterocycles. The number of rotatable bonds is 6. The number of thiazole rings is 1. The molecule has 0 atom stereocenters. The SMILES string of the molecule is C/C(COc1ccccc1)=N\Nc1nc(-c2ccncc2)cs1. The maximum Gasteiger partial charge on any atom is 0.203 e. The molecule has 0 spiro atoms. The van der Waals surface area contributed by atoms with Crippen LogP contribution < -0.4 is 10.2 Å². The molecular formula is C17H16N4OS. The summed E-state index contributed by atoms with van der Waals surface area (Å²) in [5.41, 5.74) is 5.76. The Morgan fingerprint density at radius 2 is 1.96 bits per heavy atom. The molecule has 0 fully saturated rings. The van der Waals surface area contributed by atoms with Crippen LogP contribution in [-0.4, -0.2) is 22.3 Å². The average Bonchev–Trinajstić information content (AvgIpc) is 3.09. The van der Waals surface area contributed by atoms with Crippen molar-refractivity contribution in [2.24, 2.45) is 5.10 Å². The average molecular weight is 324 g/mol. The Bertz CT molecular complexity index is 772. The molecule has 3 aromatic rings. The van der Waals surface area contributed by atoms with Gasteiger partial charge in [0.15, 0.2) is 0 Å². The van der Waals surface area contributed by atoms with Crippen molar-refractivity contribution in [3.8, 4) is 17.0 Å². The van der Waals surface area contributed by atoms with E-state index in [1.165, 1.54) is 11.3 Å². The second-order valence-electron chi connectivity index (χ2n) is 4.83. The number of ether oxygens (including phenoxy) is 1. The van der Waals surface area contributed by atoms with Gasteiger partial charge in [0.2, 0.25) is 5.13 Å². The summed E-state index contributed by atoms with van der Waals surface area (Å²) in [5.74, 6) is 0.830. The van der Waals surface area contributed by atoms with Gasteiger partial charge in [0.1, 0.15) is 12.4 Å². The van der Waals surface area contributed by atoms with Gasteiger partial charge >= 0.3 is 0 Å². The fourth-order valence-corrected chi connectivity index (χ4v) is 2.52. The van der Waals surface area contributed by atoms with E-state index < -0.39 is 0 Å². The van der Waals surface area contributed by atoms with Gasteiger partial charge in [-0.2, -0.15) is 5.10 Å². The molecule has 5 nitrogen and oxygen atoms in total. The summed E-state index contributed by atoms with van der Waals surface area (Å²) in [7, 11) is 0. The van der Waals surface area contributed by atoms with Crippen LogP contribution in [0.15, 0.2) is 65.3 Å². The van der Waals surface area contributed by atoms with E-state index in [0.29, 0.717) is 6.61 Å². The Labute approximate surface area is 138 Å². The van der Waals surface area contributed by atoms with Gasteiger partial charge in [0, 0.05) is 23.3 Å². The molecule has 1 aromatic carbocycles. The van der Waals surface area contributed by atoms with Crippen LogP contribution in [0, 0.1) is 0 Å². The van der Waals surface area contributed by atoms with Crippen molar-refractivity contribution in [3.63, 3.8) is 0 Å². The monoisotopic (exact) mass is 324 g/mol. The summed E-state index contributed by atoms with van der Waals surface area (Å²) in [4.78, 5) is 8.51. The van der Waals surface area contributed by atoms with Gasteiger partial charge in [0.05, 0.1) is 11.4 Å². The van der Waals surface area contributed by atoms with Crippen LogP contribution in [0.1, 0.15) is 6.92 Å². The third kappa shape index (κ3) is 4.37. The Morgan fingerprint density at radius 3 is 2.74 bits per heavy atom. The van der Waals surface area contributed by atoms with Crippen LogP contribution in [0.25, 0.3) is 11.3 Å². The maximum atomic E-state index is 5.64. The van der Waals surface area contributed by atoms with Crippen LogP contribution in [0.5, 0.6) is 5.75 Å². The highest BCUT2D eigenvalue weighted by atomic mass is 32.1. The van der Waals surface area contributed by atoms with Crippen LogP contribution in [0.2, 0.25) is 0 Å². The predicted octanol–water partition coefficient (Wildman–Crippen LogP) is 4.07. The lowest BCUT2D eigenvalue weighted by Crippen LogP contribution is -2.09. The number of hydrogen-bond donors (Lipinski definition) is 1. The van der Waals surface area contributed by atoms with E-state index in [9.17, 15) is 0 Å². The quantitative estimate of drug-likeness (QED) is 0.548. The van der Waals surface area contributed by atoms with Gasteiger partial charge in [-0.15, -0.1) is 11.3 Å². The number of hydrogen-bond acceptors (Lipinski definition) is 6. The van der Waals surface area contributed by atoms with Gasteiger partial charge < -0.3 is 4.74 Å². The van der Waals surface area contributed by atoms with Gasteiger partial charge in [0.25, 0.3) is 0 Å². The molecule has 6 heteroatoms. The van der Waals surface area contributed by atoms with Crippen LogP contribution in [0.4, 0.5) is 5.13 Å². The summed E-state index contributed by atoms with van der Waals surface area (Å²) < 4.78 is 5.64. The van der Waals surface area contributed by atoms with Gasteiger partial charge in [-0.3, -0.25) is 10.4 Å². The lowest BCUT2D eigenvalue weighted by atomic mass is 10.2. The van der Waals surface area contributed by atoms with Crippen molar-refractivity contribution in [1.29, 1.82) is 0 Å². The molecule has 0 aliphatic heterocycles. The zero-order valence-electron chi connectivity index (χ0n) is 12.6. The molecular weight excluding hydrogens is 308 g/mol. The molecule has 0 saturated heterocycles. The minimum absolute atomic E-state index is 0.430. The summed E-state index contributed by atoms with van der Waals surface area (Å²) >= 11 is 1.51. The largest absolute Gasteiger partial charge is 0.488 e. The number of nitrogens with one attached hydrogen (secondary N) is 1. The Balaban J connectivity index is 1.56. The molecule has 0 bridgehead atoms. The number of nitrogens with zero attached hydrogens (tertiary/aromatic N) is 3. The number of para-hydroxylation sites is 1. The van der Waals surface area contributed by atoms with Crippen LogP contribution in [-0.2, 0) is 0 Å². The van der Waals surface area contributed by atoms with E-state index >= 15 is 0 Å². The van der Waals surface area contributed by atoms with E-state index in [0.717, 1.165) is 27.9 Å². The van der Waals surface area contributed by atoms with Crippen molar-refractivity contribution >= 4 is 22.2 Å². The Kier molecular flexibility index (Phi) is 4.95. The first-order valence-corrected chi connectivity index (χ1v) is 8.02. The van der Waals surface area contributed by atoms with Crippen LogP contribution in [0.3, 0.4) is 0 Å². The summed E-state index contributed by atoms with van der Waals surface area (Å²) in [6, 6.07) is 13.5. The summed E-state index contributed by atoms with van der Waals surface area (Å²) in [6.07, 6.45) is 3.51. The zero-order chi connectivity index (χ0) is 15.9. The summed E-state index contributed by atoms with van der Waals surface area (Å²) in [6.45, 7) is 2.34. The van der Waals surface area contributed by atoms with Crippen molar-refractivity contribution in [1.82, 2.24) is 9.97 Å². The molecule has 0 radical (unpaired) electrons.